The lowest BCUT2D eigenvalue weighted by Gasteiger charge is -2.25. The van der Waals surface area contributed by atoms with E-state index in [1.54, 1.807) is 0 Å². The summed E-state index contributed by atoms with van der Waals surface area (Å²) >= 11 is 0. The summed E-state index contributed by atoms with van der Waals surface area (Å²) < 4.78 is 11.9. The molecule has 28 heavy (non-hydrogen) atoms. The molecule has 2 saturated heterocycles. The lowest BCUT2D eigenvalue weighted by atomic mass is 9.92. The summed E-state index contributed by atoms with van der Waals surface area (Å²) in [5.41, 5.74) is 1.23. The molecular weight excluding hydrogens is 350 g/mol. The number of nitrogens with zero attached hydrogens (tertiary/aromatic N) is 3. The number of benzene rings is 1. The van der Waals surface area contributed by atoms with Crippen LogP contribution in [-0.2, 0) is 4.74 Å². The van der Waals surface area contributed by atoms with Crippen molar-refractivity contribution in [1.82, 2.24) is 9.97 Å². The van der Waals surface area contributed by atoms with Crippen LogP contribution in [0.1, 0.15) is 30.7 Å². The topological polar surface area (TPSA) is 47.5 Å². The minimum Gasteiger partial charge on any atom is -0.472 e. The minimum atomic E-state index is 0.141. The molecule has 4 heterocycles. The van der Waals surface area contributed by atoms with Crippen LogP contribution in [0.3, 0.4) is 0 Å². The molecular formula is C23H25N3O2. The van der Waals surface area contributed by atoms with Gasteiger partial charge in [0.15, 0.2) is 0 Å². The Hall–Kier alpha value is -2.66. The van der Waals surface area contributed by atoms with Crippen molar-refractivity contribution < 1.29 is 9.47 Å². The molecule has 1 aromatic carbocycles. The smallest absolute Gasteiger partial charge is 0.217 e. The molecule has 144 valence electrons. The number of fused-ring (bicyclic) bond motifs is 1. The molecule has 1 atom stereocenters. The fraction of sp³-hybridized carbons (Fsp3) is 0.391. The van der Waals surface area contributed by atoms with Gasteiger partial charge in [0.05, 0.1) is 6.54 Å². The van der Waals surface area contributed by atoms with Crippen molar-refractivity contribution in [3.05, 3.63) is 60.4 Å². The third-order valence-corrected chi connectivity index (χ3v) is 5.83. The summed E-state index contributed by atoms with van der Waals surface area (Å²) in [7, 11) is 0. The molecule has 3 aromatic rings. The van der Waals surface area contributed by atoms with Crippen molar-refractivity contribution in [2.45, 2.75) is 31.3 Å². The van der Waals surface area contributed by atoms with Gasteiger partial charge in [0.2, 0.25) is 5.88 Å². The van der Waals surface area contributed by atoms with Crippen LogP contribution in [0, 0.1) is 0 Å². The van der Waals surface area contributed by atoms with Gasteiger partial charge in [-0.05, 0) is 36.3 Å². The van der Waals surface area contributed by atoms with E-state index in [0.29, 0.717) is 5.92 Å². The average molecular weight is 375 g/mol. The van der Waals surface area contributed by atoms with Gasteiger partial charge in [0.1, 0.15) is 11.9 Å². The fourth-order valence-electron chi connectivity index (χ4n) is 4.26. The highest BCUT2D eigenvalue weighted by molar-refractivity contribution is 5.83. The monoisotopic (exact) mass is 375 g/mol. The van der Waals surface area contributed by atoms with Crippen LogP contribution in [0.2, 0.25) is 0 Å². The molecule has 0 aliphatic carbocycles. The molecule has 2 fully saturated rings. The van der Waals surface area contributed by atoms with Crippen molar-refractivity contribution >= 4 is 16.6 Å². The first kappa shape index (κ1) is 17.4. The second-order valence-electron chi connectivity index (χ2n) is 7.65. The summed E-state index contributed by atoms with van der Waals surface area (Å²) in [6, 6.07) is 14.7. The quantitative estimate of drug-likeness (QED) is 0.685. The molecule has 0 amide bonds. The highest BCUT2D eigenvalue weighted by Crippen LogP contribution is 2.33. The van der Waals surface area contributed by atoms with Crippen molar-refractivity contribution in [1.29, 1.82) is 0 Å². The first-order valence-electron chi connectivity index (χ1n) is 10.2. The third-order valence-electron chi connectivity index (χ3n) is 5.83. The Kier molecular flexibility index (Phi) is 4.83. The van der Waals surface area contributed by atoms with E-state index in [1.807, 2.05) is 24.5 Å². The van der Waals surface area contributed by atoms with Crippen molar-refractivity contribution in [2.24, 2.45) is 0 Å². The number of ether oxygens (including phenoxy) is 2. The molecule has 0 radical (unpaired) electrons. The van der Waals surface area contributed by atoms with E-state index in [2.05, 4.69) is 45.2 Å². The zero-order chi connectivity index (χ0) is 18.8. The molecule has 0 bridgehead atoms. The van der Waals surface area contributed by atoms with Gasteiger partial charge in [-0.25, -0.2) is 9.97 Å². The summed E-state index contributed by atoms with van der Waals surface area (Å²) in [4.78, 5) is 11.5. The number of aromatic nitrogens is 2. The highest BCUT2D eigenvalue weighted by atomic mass is 16.5. The molecule has 0 spiro atoms. The second kappa shape index (κ2) is 7.76. The predicted molar refractivity (Wildman–Crippen MR) is 110 cm³/mol. The van der Waals surface area contributed by atoms with E-state index < -0.39 is 0 Å². The van der Waals surface area contributed by atoms with Crippen LogP contribution >= 0.6 is 0 Å². The number of pyridine rings is 2. The Labute approximate surface area is 165 Å². The summed E-state index contributed by atoms with van der Waals surface area (Å²) in [6.07, 6.45) is 7.00. The Bertz CT molecular complexity index is 955. The standard InChI is InChI=1S/C23H25N3O2/c1-2-5-19-15-25-22(14-18(19)4-1)26-11-7-20(16-26)28-23-21(6-3-10-24-23)17-8-12-27-13-9-17/h1-6,10,14-15,17,20H,7-9,11-13,16H2/t20-/m0/s1. The summed E-state index contributed by atoms with van der Waals surface area (Å²) in [5, 5.41) is 2.40. The summed E-state index contributed by atoms with van der Waals surface area (Å²) in [5.74, 6) is 2.31. The van der Waals surface area contributed by atoms with Crippen LogP contribution in [0.4, 0.5) is 5.82 Å². The van der Waals surface area contributed by atoms with Crippen LogP contribution in [-0.4, -0.2) is 42.4 Å². The minimum absolute atomic E-state index is 0.141. The van der Waals surface area contributed by atoms with Gasteiger partial charge < -0.3 is 14.4 Å². The van der Waals surface area contributed by atoms with Gasteiger partial charge in [-0.2, -0.15) is 0 Å². The number of hydrogen-bond acceptors (Lipinski definition) is 5. The number of rotatable bonds is 4. The highest BCUT2D eigenvalue weighted by Gasteiger charge is 2.28. The van der Waals surface area contributed by atoms with E-state index >= 15 is 0 Å². The first-order chi connectivity index (χ1) is 13.9. The molecule has 0 N–H and O–H groups in total. The Balaban J connectivity index is 1.30. The van der Waals surface area contributed by atoms with Gasteiger partial charge >= 0.3 is 0 Å². The van der Waals surface area contributed by atoms with Gasteiger partial charge in [0, 0.05) is 49.5 Å². The molecule has 2 aliphatic heterocycles. The van der Waals surface area contributed by atoms with Crippen LogP contribution < -0.4 is 9.64 Å². The zero-order valence-corrected chi connectivity index (χ0v) is 16.0. The molecule has 5 heteroatoms. The number of anilines is 1. The number of hydrogen-bond donors (Lipinski definition) is 0. The second-order valence-corrected chi connectivity index (χ2v) is 7.65. The van der Waals surface area contributed by atoms with Crippen LogP contribution in [0.5, 0.6) is 5.88 Å². The van der Waals surface area contributed by atoms with E-state index in [4.69, 9.17) is 9.47 Å². The van der Waals surface area contributed by atoms with Crippen molar-refractivity contribution in [3.63, 3.8) is 0 Å². The molecule has 0 unspecified atom stereocenters. The third kappa shape index (κ3) is 3.54. The fourth-order valence-corrected chi connectivity index (χ4v) is 4.26. The molecule has 0 saturated carbocycles. The maximum Gasteiger partial charge on any atom is 0.217 e. The van der Waals surface area contributed by atoms with E-state index in [-0.39, 0.29) is 6.10 Å². The molecule has 5 nitrogen and oxygen atoms in total. The van der Waals surface area contributed by atoms with Crippen LogP contribution in [0.25, 0.3) is 10.8 Å². The van der Waals surface area contributed by atoms with Crippen LogP contribution in [0.15, 0.2) is 54.9 Å². The average Bonchev–Trinajstić information content (AvgIpc) is 3.23. The predicted octanol–water partition coefficient (Wildman–Crippen LogP) is 4.18. The first-order valence-corrected chi connectivity index (χ1v) is 10.2. The lowest BCUT2D eigenvalue weighted by molar-refractivity contribution is 0.0840. The molecule has 5 rings (SSSR count). The summed E-state index contributed by atoms with van der Waals surface area (Å²) in [6.45, 7) is 3.44. The maximum atomic E-state index is 6.38. The lowest BCUT2D eigenvalue weighted by Crippen LogP contribution is -2.26. The maximum absolute atomic E-state index is 6.38. The Morgan fingerprint density at radius 1 is 0.964 bits per heavy atom. The van der Waals surface area contributed by atoms with Crippen molar-refractivity contribution in [2.75, 3.05) is 31.2 Å². The zero-order valence-electron chi connectivity index (χ0n) is 16.0. The normalized spacial score (nSPS) is 20.6. The van der Waals surface area contributed by atoms with Crippen molar-refractivity contribution in [3.8, 4) is 5.88 Å². The Morgan fingerprint density at radius 3 is 2.71 bits per heavy atom. The van der Waals surface area contributed by atoms with Gasteiger partial charge in [-0.15, -0.1) is 0 Å². The van der Waals surface area contributed by atoms with Gasteiger partial charge in [-0.3, -0.25) is 0 Å². The van der Waals surface area contributed by atoms with Gasteiger partial charge in [-0.1, -0.05) is 30.3 Å². The Morgan fingerprint density at radius 2 is 1.82 bits per heavy atom. The van der Waals surface area contributed by atoms with E-state index in [9.17, 15) is 0 Å². The largest absolute Gasteiger partial charge is 0.472 e. The van der Waals surface area contributed by atoms with E-state index in [1.165, 1.54) is 16.3 Å². The SMILES string of the molecule is c1cnc(O[C@H]2CCN(c3cc4ccccc4cn3)C2)c(C2CCOCC2)c1. The molecule has 2 aromatic heterocycles. The molecule has 2 aliphatic rings. The van der Waals surface area contributed by atoms with Gasteiger partial charge in [0.25, 0.3) is 0 Å². The van der Waals surface area contributed by atoms with E-state index in [0.717, 1.165) is 57.3 Å².